The number of nitrogens with zero attached hydrogens (tertiary/aromatic N) is 2. The summed E-state index contributed by atoms with van der Waals surface area (Å²) in [6.45, 7) is 1.42. The van der Waals surface area contributed by atoms with Crippen molar-refractivity contribution < 1.29 is 9.59 Å². The highest BCUT2D eigenvalue weighted by molar-refractivity contribution is 5.80. The fourth-order valence-corrected chi connectivity index (χ4v) is 3.52. The smallest absolute Gasteiger partial charge is 0.226 e. The SMILES string of the molecule is O=C(Cc1ccn[nH]1)N[C@H]1CCN(C(=O)C2CCCCC2)C1. The van der Waals surface area contributed by atoms with Gasteiger partial charge in [0.1, 0.15) is 0 Å². The first-order chi connectivity index (χ1) is 10.7. The van der Waals surface area contributed by atoms with Crippen LogP contribution in [0.5, 0.6) is 0 Å². The zero-order valence-electron chi connectivity index (χ0n) is 12.9. The molecule has 0 aromatic carbocycles. The Morgan fingerprint density at radius 3 is 2.82 bits per heavy atom. The molecule has 22 heavy (non-hydrogen) atoms. The van der Waals surface area contributed by atoms with Gasteiger partial charge in [0.25, 0.3) is 0 Å². The fourth-order valence-electron chi connectivity index (χ4n) is 3.52. The van der Waals surface area contributed by atoms with Gasteiger partial charge >= 0.3 is 0 Å². The summed E-state index contributed by atoms with van der Waals surface area (Å²) >= 11 is 0. The number of hydrogen-bond acceptors (Lipinski definition) is 3. The molecule has 0 spiro atoms. The number of carbonyl (C=O) groups excluding carboxylic acids is 2. The molecule has 1 atom stereocenters. The second-order valence-electron chi connectivity index (χ2n) is 6.43. The quantitative estimate of drug-likeness (QED) is 0.879. The second-order valence-corrected chi connectivity index (χ2v) is 6.43. The van der Waals surface area contributed by atoms with Gasteiger partial charge in [-0.2, -0.15) is 5.10 Å². The number of carbonyl (C=O) groups is 2. The summed E-state index contributed by atoms with van der Waals surface area (Å²) in [6, 6.07) is 1.88. The largest absolute Gasteiger partial charge is 0.351 e. The van der Waals surface area contributed by atoms with Gasteiger partial charge in [0, 0.05) is 36.9 Å². The molecular weight excluding hydrogens is 280 g/mol. The fraction of sp³-hybridized carbons (Fsp3) is 0.688. The molecule has 1 aromatic heterocycles. The third kappa shape index (κ3) is 3.67. The van der Waals surface area contributed by atoms with Crippen molar-refractivity contribution in [1.82, 2.24) is 20.4 Å². The molecule has 0 radical (unpaired) electrons. The second kappa shape index (κ2) is 6.94. The highest BCUT2D eigenvalue weighted by Crippen LogP contribution is 2.26. The summed E-state index contributed by atoms with van der Waals surface area (Å²) in [4.78, 5) is 26.4. The molecule has 0 bridgehead atoms. The number of hydrogen-bond donors (Lipinski definition) is 2. The van der Waals surface area contributed by atoms with Crippen molar-refractivity contribution in [3.8, 4) is 0 Å². The third-order valence-corrected chi connectivity index (χ3v) is 4.73. The van der Waals surface area contributed by atoms with E-state index >= 15 is 0 Å². The van der Waals surface area contributed by atoms with Gasteiger partial charge < -0.3 is 10.2 Å². The Bertz CT molecular complexity index is 508. The zero-order chi connectivity index (χ0) is 15.4. The van der Waals surface area contributed by atoms with Crippen LogP contribution in [0.15, 0.2) is 12.3 Å². The number of aromatic amines is 1. The van der Waals surface area contributed by atoms with Crippen LogP contribution in [0.1, 0.15) is 44.2 Å². The summed E-state index contributed by atoms with van der Waals surface area (Å²) in [7, 11) is 0. The van der Waals surface area contributed by atoms with E-state index in [0.29, 0.717) is 18.9 Å². The van der Waals surface area contributed by atoms with Crippen LogP contribution in [-0.4, -0.2) is 46.0 Å². The maximum absolute atomic E-state index is 12.5. The molecule has 1 aliphatic heterocycles. The Morgan fingerprint density at radius 1 is 1.27 bits per heavy atom. The van der Waals surface area contributed by atoms with E-state index in [1.54, 1.807) is 12.3 Å². The number of aromatic nitrogens is 2. The first-order valence-corrected chi connectivity index (χ1v) is 8.29. The monoisotopic (exact) mass is 304 g/mol. The summed E-state index contributed by atoms with van der Waals surface area (Å²) < 4.78 is 0. The van der Waals surface area contributed by atoms with Crippen LogP contribution in [0.2, 0.25) is 0 Å². The number of nitrogens with one attached hydrogen (secondary N) is 2. The van der Waals surface area contributed by atoms with Crippen molar-refractivity contribution >= 4 is 11.8 Å². The van der Waals surface area contributed by atoms with Crippen LogP contribution in [0.3, 0.4) is 0 Å². The summed E-state index contributed by atoms with van der Waals surface area (Å²) in [5.74, 6) is 0.499. The van der Waals surface area contributed by atoms with Gasteiger partial charge in [0.15, 0.2) is 0 Å². The predicted octanol–water partition coefficient (Wildman–Crippen LogP) is 1.25. The molecule has 2 fully saturated rings. The molecule has 1 aliphatic carbocycles. The van der Waals surface area contributed by atoms with Crippen molar-refractivity contribution in [2.75, 3.05) is 13.1 Å². The van der Waals surface area contributed by atoms with Crippen molar-refractivity contribution in [3.63, 3.8) is 0 Å². The molecule has 3 rings (SSSR count). The summed E-state index contributed by atoms with van der Waals surface area (Å²) in [5.41, 5.74) is 0.811. The number of rotatable bonds is 4. The average Bonchev–Trinajstić information content (AvgIpc) is 3.19. The Balaban J connectivity index is 1.45. The van der Waals surface area contributed by atoms with Crippen molar-refractivity contribution in [2.24, 2.45) is 5.92 Å². The van der Waals surface area contributed by atoms with E-state index in [0.717, 1.165) is 31.5 Å². The Hall–Kier alpha value is -1.85. The van der Waals surface area contributed by atoms with Crippen LogP contribution in [0.25, 0.3) is 0 Å². The van der Waals surface area contributed by atoms with Crippen LogP contribution in [0.4, 0.5) is 0 Å². The molecule has 1 saturated heterocycles. The van der Waals surface area contributed by atoms with Crippen LogP contribution in [-0.2, 0) is 16.0 Å². The van der Waals surface area contributed by atoms with E-state index in [2.05, 4.69) is 15.5 Å². The van der Waals surface area contributed by atoms with E-state index in [1.807, 2.05) is 4.90 Å². The normalized spacial score (nSPS) is 22.7. The molecule has 2 amide bonds. The van der Waals surface area contributed by atoms with E-state index < -0.39 is 0 Å². The first-order valence-electron chi connectivity index (χ1n) is 8.29. The number of amides is 2. The van der Waals surface area contributed by atoms with E-state index in [9.17, 15) is 9.59 Å². The van der Waals surface area contributed by atoms with Gasteiger partial charge in [-0.3, -0.25) is 14.7 Å². The van der Waals surface area contributed by atoms with Crippen molar-refractivity contribution in [1.29, 1.82) is 0 Å². The molecule has 2 aliphatic rings. The highest BCUT2D eigenvalue weighted by Gasteiger charge is 2.31. The maximum atomic E-state index is 12.5. The Kier molecular flexibility index (Phi) is 4.75. The zero-order valence-corrected chi connectivity index (χ0v) is 12.9. The van der Waals surface area contributed by atoms with Crippen molar-refractivity contribution in [3.05, 3.63) is 18.0 Å². The topological polar surface area (TPSA) is 78.1 Å². The summed E-state index contributed by atoms with van der Waals surface area (Å²) in [5, 5.41) is 9.65. The van der Waals surface area contributed by atoms with E-state index in [-0.39, 0.29) is 17.9 Å². The maximum Gasteiger partial charge on any atom is 0.226 e. The lowest BCUT2D eigenvalue weighted by Gasteiger charge is -2.26. The lowest BCUT2D eigenvalue weighted by molar-refractivity contribution is -0.135. The molecule has 1 saturated carbocycles. The minimum atomic E-state index is -0.0128. The minimum Gasteiger partial charge on any atom is -0.351 e. The minimum absolute atomic E-state index is 0.0128. The Labute approximate surface area is 130 Å². The molecule has 6 heteroatoms. The first kappa shape index (κ1) is 15.1. The van der Waals surface area contributed by atoms with E-state index in [4.69, 9.17) is 0 Å². The highest BCUT2D eigenvalue weighted by atomic mass is 16.2. The number of H-pyrrole nitrogens is 1. The summed E-state index contributed by atoms with van der Waals surface area (Å²) in [6.07, 6.45) is 8.49. The molecule has 6 nitrogen and oxygen atoms in total. The number of likely N-dealkylation sites (tertiary alicyclic amines) is 1. The van der Waals surface area contributed by atoms with Crippen LogP contribution >= 0.6 is 0 Å². The predicted molar refractivity (Wildman–Crippen MR) is 82.0 cm³/mol. The molecule has 120 valence electrons. The molecular formula is C16H24N4O2. The molecule has 1 aromatic rings. The lowest BCUT2D eigenvalue weighted by atomic mass is 9.88. The van der Waals surface area contributed by atoms with Crippen LogP contribution in [0, 0.1) is 5.92 Å². The van der Waals surface area contributed by atoms with Crippen molar-refractivity contribution in [2.45, 2.75) is 51.0 Å². The lowest BCUT2D eigenvalue weighted by Crippen LogP contribution is -2.41. The van der Waals surface area contributed by atoms with E-state index in [1.165, 1.54) is 19.3 Å². The molecule has 2 N–H and O–H groups in total. The van der Waals surface area contributed by atoms with Crippen LogP contribution < -0.4 is 5.32 Å². The van der Waals surface area contributed by atoms with Gasteiger partial charge in [-0.1, -0.05) is 19.3 Å². The molecule has 0 unspecified atom stereocenters. The van der Waals surface area contributed by atoms with Gasteiger partial charge in [-0.25, -0.2) is 0 Å². The Morgan fingerprint density at radius 2 is 2.09 bits per heavy atom. The average molecular weight is 304 g/mol. The van der Waals surface area contributed by atoms with Gasteiger partial charge in [-0.15, -0.1) is 0 Å². The standard InChI is InChI=1S/C16H24N4O2/c21-15(10-13-6-8-17-19-13)18-14-7-9-20(11-14)16(22)12-4-2-1-3-5-12/h6,8,12,14H,1-5,7,9-11H2,(H,17,19)(H,18,21)/t14-/m0/s1. The van der Waals surface area contributed by atoms with Gasteiger partial charge in [0.2, 0.25) is 11.8 Å². The third-order valence-electron chi connectivity index (χ3n) is 4.73. The molecule has 2 heterocycles. The van der Waals surface area contributed by atoms with Gasteiger partial charge in [0.05, 0.1) is 6.42 Å². The van der Waals surface area contributed by atoms with Gasteiger partial charge in [-0.05, 0) is 25.3 Å².